The summed E-state index contributed by atoms with van der Waals surface area (Å²) in [5, 5.41) is 85.3. The zero-order chi connectivity index (χ0) is 26.5. The molecule has 0 aromatic heterocycles. The molecule has 1 spiro atoms. The van der Waals surface area contributed by atoms with Crippen molar-refractivity contribution in [1.82, 2.24) is 5.32 Å². The number of likely N-dealkylation sites (N-methyl/N-ethyl adjacent to an activating group) is 1. The highest BCUT2D eigenvalue weighted by Crippen LogP contribution is 2.46. The zero-order valence-electron chi connectivity index (χ0n) is 19.4. The number of rotatable bonds is 6. The Bertz CT molecular complexity index is 822. The Kier molecular flexibility index (Phi) is 8.11. The summed E-state index contributed by atoms with van der Waals surface area (Å²) in [7, 11) is 1.60. The molecule has 3 heterocycles. The Hall–Kier alpha value is -1.22. The highest BCUT2D eigenvalue weighted by atomic mass is 16.9. The Morgan fingerprint density at radius 1 is 1.06 bits per heavy atom. The first-order chi connectivity index (χ1) is 17.0. The molecule has 13 N–H and O–H groups in total. The van der Waals surface area contributed by atoms with Gasteiger partial charge in [0.05, 0.1) is 31.5 Å². The van der Waals surface area contributed by atoms with E-state index in [4.69, 9.17) is 35.2 Å². The largest absolute Gasteiger partial charge is 0.506 e. The molecule has 208 valence electrons. The van der Waals surface area contributed by atoms with Crippen molar-refractivity contribution in [2.24, 2.45) is 11.5 Å². The van der Waals surface area contributed by atoms with E-state index in [1.165, 1.54) is 0 Å². The molecule has 0 amide bonds. The van der Waals surface area contributed by atoms with E-state index < -0.39 is 110 Å². The van der Waals surface area contributed by atoms with Crippen LogP contribution in [0, 0.1) is 0 Å². The monoisotopic (exact) mass is 525 g/mol. The Morgan fingerprint density at radius 2 is 1.72 bits per heavy atom. The maximum Gasteiger partial charge on any atom is 0.350 e. The minimum atomic E-state index is -2.60. The highest BCUT2D eigenvalue weighted by molar-refractivity contribution is 5.19. The van der Waals surface area contributed by atoms with E-state index in [0.29, 0.717) is 0 Å². The smallest absolute Gasteiger partial charge is 0.350 e. The third-order valence-corrected chi connectivity index (χ3v) is 7.14. The fraction of sp³-hybridized carbons (Fsp3) is 0.900. The van der Waals surface area contributed by atoms with Crippen LogP contribution in [-0.2, 0) is 23.7 Å². The van der Waals surface area contributed by atoms with Crippen LogP contribution in [0.1, 0.15) is 6.42 Å². The summed E-state index contributed by atoms with van der Waals surface area (Å²) in [6.07, 6.45) is -14.1. The molecule has 2 saturated heterocycles. The zero-order valence-corrected chi connectivity index (χ0v) is 19.4. The number of fused-ring (bicyclic) bond motifs is 1. The number of hydrogen-bond acceptors (Lipinski definition) is 16. The van der Waals surface area contributed by atoms with Crippen molar-refractivity contribution in [3.63, 3.8) is 0 Å². The van der Waals surface area contributed by atoms with Crippen LogP contribution in [0.25, 0.3) is 0 Å². The summed E-state index contributed by atoms with van der Waals surface area (Å²) in [5.74, 6) is -4.67. The van der Waals surface area contributed by atoms with Gasteiger partial charge in [0.25, 0.3) is 0 Å². The first-order valence-electron chi connectivity index (χ1n) is 11.6. The van der Waals surface area contributed by atoms with E-state index in [9.17, 15) is 40.9 Å². The number of ether oxygens (including phenoxy) is 5. The molecule has 1 saturated carbocycles. The van der Waals surface area contributed by atoms with Crippen LogP contribution in [0.4, 0.5) is 0 Å². The fourth-order valence-corrected chi connectivity index (χ4v) is 4.99. The molecule has 14 atom stereocenters. The van der Waals surface area contributed by atoms with Gasteiger partial charge in [0.15, 0.2) is 12.0 Å². The van der Waals surface area contributed by atoms with E-state index in [1.807, 2.05) is 0 Å². The van der Waals surface area contributed by atoms with Crippen molar-refractivity contribution in [1.29, 1.82) is 0 Å². The number of hydrogen-bond donors (Lipinski definition) is 11. The average molecular weight is 526 g/mol. The molecule has 0 aromatic carbocycles. The Morgan fingerprint density at radius 3 is 2.33 bits per heavy atom. The van der Waals surface area contributed by atoms with Gasteiger partial charge in [-0.05, 0) is 13.5 Å². The molecule has 0 bridgehead atoms. The van der Waals surface area contributed by atoms with Crippen molar-refractivity contribution in [2.75, 3.05) is 20.3 Å². The molecule has 0 aromatic rings. The van der Waals surface area contributed by atoms with Gasteiger partial charge >= 0.3 is 5.97 Å². The molecule has 3 fully saturated rings. The molecule has 1 aliphatic carbocycles. The van der Waals surface area contributed by atoms with E-state index in [-0.39, 0.29) is 6.42 Å². The molecule has 16 heteroatoms. The van der Waals surface area contributed by atoms with Crippen LogP contribution >= 0.6 is 0 Å². The number of nitrogens with one attached hydrogen (secondary N) is 1. The van der Waals surface area contributed by atoms with Crippen LogP contribution in [0.3, 0.4) is 0 Å². The molecule has 0 unspecified atom stereocenters. The summed E-state index contributed by atoms with van der Waals surface area (Å²) in [6, 6.07) is -2.55. The van der Waals surface area contributed by atoms with Gasteiger partial charge in [-0.1, -0.05) is 0 Å². The van der Waals surface area contributed by atoms with Crippen LogP contribution in [0.15, 0.2) is 11.5 Å². The summed E-state index contributed by atoms with van der Waals surface area (Å²) in [6.45, 7) is -1.37. The molecule has 3 aliphatic heterocycles. The van der Waals surface area contributed by atoms with Gasteiger partial charge in [0, 0.05) is 12.1 Å². The molecule has 16 nitrogen and oxygen atoms in total. The number of aliphatic hydroxyl groups excluding tert-OH is 8. The van der Waals surface area contributed by atoms with Gasteiger partial charge in [-0.15, -0.1) is 0 Å². The first-order valence-corrected chi connectivity index (χ1v) is 11.6. The highest BCUT2D eigenvalue weighted by Gasteiger charge is 2.65. The molecule has 4 aliphatic rings. The second-order valence-electron chi connectivity index (χ2n) is 9.42. The van der Waals surface area contributed by atoms with Crippen molar-refractivity contribution < 1.29 is 64.5 Å². The quantitative estimate of drug-likeness (QED) is 0.154. The molecule has 4 rings (SSSR count). The second kappa shape index (κ2) is 10.5. The minimum Gasteiger partial charge on any atom is -0.506 e. The van der Waals surface area contributed by atoms with Gasteiger partial charge < -0.3 is 81.3 Å². The van der Waals surface area contributed by atoms with Gasteiger partial charge in [0.1, 0.15) is 42.7 Å². The van der Waals surface area contributed by atoms with Gasteiger partial charge in [-0.3, -0.25) is 0 Å². The van der Waals surface area contributed by atoms with Crippen molar-refractivity contribution in [3.8, 4) is 0 Å². The normalized spacial score (nSPS) is 50.4. The van der Waals surface area contributed by atoms with E-state index in [1.54, 1.807) is 7.05 Å². The lowest BCUT2D eigenvalue weighted by Gasteiger charge is -2.45. The molecular formula is C20H35N3O13. The second-order valence-corrected chi connectivity index (χ2v) is 9.42. The third kappa shape index (κ3) is 4.50. The molecule has 36 heavy (non-hydrogen) atoms. The van der Waals surface area contributed by atoms with Gasteiger partial charge in [0.2, 0.25) is 5.76 Å². The lowest BCUT2D eigenvalue weighted by atomic mass is 9.84. The van der Waals surface area contributed by atoms with Crippen LogP contribution in [0.2, 0.25) is 0 Å². The molecular weight excluding hydrogens is 490 g/mol. The van der Waals surface area contributed by atoms with E-state index in [0.717, 1.165) is 0 Å². The predicted octanol–water partition coefficient (Wildman–Crippen LogP) is -5.66. The Labute approximate surface area is 205 Å². The van der Waals surface area contributed by atoms with Crippen molar-refractivity contribution in [3.05, 3.63) is 11.5 Å². The number of nitrogens with two attached hydrogens (primary N) is 2. The summed E-state index contributed by atoms with van der Waals surface area (Å²) in [5.41, 5.74) is 11.8. The van der Waals surface area contributed by atoms with Crippen molar-refractivity contribution in [2.45, 2.75) is 91.7 Å². The minimum absolute atomic E-state index is 0.248. The third-order valence-electron chi connectivity index (χ3n) is 7.14. The lowest BCUT2D eigenvalue weighted by Crippen LogP contribution is -2.65. The topological polar surface area (TPSA) is 272 Å². The van der Waals surface area contributed by atoms with Gasteiger partial charge in [-0.2, -0.15) is 0 Å². The van der Waals surface area contributed by atoms with Crippen LogP contribution < -0.4 is 16.8 Å². The predicted molar refractivity (Wildman–Crippen MR) is 115 cm³/mol. The SMILES string of the molecule is CN[C@H]1C[C@@H](N)[C@H](O)[C@@H](O[C@@H]2O[C@H](CO)[C@H](O)[C@@H]3O[C@]4(O[C@H]23)O[C@H]([C@@H](N)CO)[C@H](O)C(O)=C4O)[C@@H]1O. The molecule has 0 radical (unpaired) electrons. The maximum absolute atomic E-state index is 10.7. The summed E-state index contributed by atoms with van der Waals surface area (Å²) < 4.78 is 28.5. The Balaban J connectivity index is 1.65. The lowest BCUT2D eigenvalue weighted by molar-refractivity contribution is -0.373. The van der Waals surface area contributed by atoms with Crippen LogP contribution in [-0.4, -0.2) is 146 Å². The summed E-state index contributed by atoms with van der Waals surface area (Å²) >= 11 is 0. The average Bonchev–Trinajstić information content (AvgIpc) is 3.27. The van der Waals surface area contributed by atoms with Crippen LogP contribution in [0.5, 0.6) is 0 Å². The first kappa shape index (κ1) is 27.8. The standard InChI is InChI=1S/C20H35N3O13/c1-23-7-2-5(21)9(26)15(10(7)27)33-19-17-16(11(28)8(4-25)32-19)35-20(36-17)18(31)13(30)12(29)14(34-20)6(22)3-24/h5-12,14-17,19,23-31H,2-4,21-22H2,1H3/t5-,6+,7+,8-,9+,10-,11+,12-,14-,15-,16+,17+,19+,20-/m1/s1. The van der Waals surface area contributed by atoms with E-state index >= 15 is 0 Å². The van der Waals surface area contributed by atoms with E-state index in [2.05, 4.69) is 5.32 Å². The number of aliphatic hydroxyl groups is 8. The van der Waals surface area contributed by atoms with Gasteiger partial charge in [-0.25, -0.2) is 0 Å². The maximum atomic E-state index is 10.7. The fourth-order valence-electron chi connectivity index (χ4n) is 4.99. The van der Waals surface area contributed by atoms with Crippen molar-refractivity contribution >= 4 is 0 Å². The summed E-state index contributed by atoms with van der Waals surface area (Å²) in [4.78, 5) is 0.